The second-order valence-electron chi connectivity index (χ2n) is 8.22. The maximum Gasteiger partial charge on any atom is 0.0659 e. The summed E-state index contributed by atoms with van der Waals surface area (Å²) >= 11 is 0. The van der Waals surface area contributed by atoms with Gasteiger partial charge in [-0.25, -0.2) is 0 Å². The number of hydrogen-bond acceptors (Lipinski definition) is 4. The van der Waals surface area contributed by atoms with Gasteiger partial charge in [-0.3, -0.25) is 19.4 Å². The van der Waals surface area contributed by atoms with Crippen LogP contribution in [-0.4, -0.2) is 75.8 Å². The van der Waals surface area contributed by atoms with E-state index in [4.69, 9.17) is 5.10 Å². The summed E-state index contributed by atoms with van der Waals surface area (Å²) in [5, 5.41) is 4.77. The number of nitrogens with zero attached hydrogens (tertiary/aromatic N) is 5. The number of piperazine rings is 1. The quantitative estimate of drug-likeness (QED) is 0.836. The van der Waals surface area contributed by atoms with Crippen LogP contribution in [0, 0.1) is 0 Å². The molecule has 134 valence electrons. The van der Waals surface area contributed by atoms with E-state index in [1.807, 2.05) is 0 Å². The van der Waals surface area contributed by atoms with Gasteiger partial charge < -0.3 is 0 Å². The van der Waals surface area contributed by atoms with Gasteiger partial charge in [-0.05, 0) is 45.1 Å². The Hall–Kier alpha value is -0.910. The highest BCUT2D eigenvalue weighted by Gasteiger charge is 2.34. The molecule has 24 heavy (non-hydrogen) atoms. The van der Waals surface area contributed by atoms with Crippen molar-refractivity contribution in [2.24, 2.45) is 7.05 Å². The Kier molecular flexibility index (Phi) is 4.67. The van der Waals surface area contributed by atoms with Crippen LogP contribution in [0.1, 0.15) is 43.6 Å². The van der Waals surface area contributed by atoms with Crippen LogP contribution < -0.4 is 0 Å². The highest BCUT2D eigenvalue weighted by atomic mass is 15.4. The number of aryl methyl sites for hydroxylation is 2. The van der Waals surface area contributed by atoms with Crippen LogP contribution in [0.5, 0.6) is 0 Å². The van der Waals surface area contributed by atoms with Crippen LogP contribution in [0.3, 0.4) is 0 Å². The van der Waals surface area contributed by atoms with Crippen LogP contribution in [0.25, 0.3) is 0 Å². The third-order valence-corrected chi connectivity index (χ3v) is 6.36. The molecular formula is C19H33N5. The normalized spacial score (nSPS) is 24.3. The van der Waals surface area contributed by atoms with Crippen LogP contribution >= 0.6 is 0 Å². The summed E-state index contributed by atoms with van der Waals surface area (Å²) in [6, 6.07) is 1.48. The summed E-state index contributed by atoms with van der Waals surface area (Å²) in [5.41, 5.74) is 4.42. The second kappa shape index (κ2) is 6.77. The largest absolute Gasteiger partial charge is 0.298 e. The molecule has 2 saturated heterocycles. The summed E-state index contributed by atoms with van der Waals surface area (Å²) in [5.74, 6) is 0. The molecule has 0 saturated carbocycles. The van der Waals surface area contributed by atoms with Crippen LogP contribution in [0.2, 0.25) is 0 Å². The number of fused-ring (bicyclic) bond motifs is 1. The molecule has 2 fully saturated rings. The molecule has 0 radical (unpaired) electrons. The molecule has 0 N–H and O–H groups in total. The Balaban J connectivity index is 1.29. The molecule has 0 atom stereocenters. The fraction of sp³-hybridized carbons (Fsp3) is 0.842. The van der Waals surface area contributed by atoms with Gasteiger partial charge in [-0.2, -0.15) is 5.10 Å². The van der Waals surface area contributed by atoms with E-state index in [1.165, 1.54) is 76.3 Å². The average molecular weight is 332 g/mol. The van der Waals surface area contributed by atoms with Crippen molar-refractivity contribution in [3.8, 4) is 0 Å². The van der Waals surface area contributed by atoms with Gasteiger partial charge in [0.05, 0.1) is 11.4 Å². The molecular weight excluding hydrogens is 298 g/mol. The van der Waals surface area contributed by atoms with Crippen molar-refractivity contribution in [1.82, 2.24) is 24.5 Å². The minimum atomic E-state index is 0.695. The van der Waals surface area contributed by atoms with Gasteiger partial charge in [0.15, 0.2) is 0 Å². The molecule has 3 heterocycles. The van der Waals surface area contributed by atoms with E-state index >= 15 is 0 Å². The van der Waals surface area contributed by atoms with E-state index in [0.29, 0.717) is 6.04 Å². The van der Waals surface area contributed by atoms with E-state index in [0.717, 1.165) is 12.6 Å². The fourth-order valence-corrected chi connectivity index (χ4v) is 4.68. The van der Waals surface area contributed by atoms with E-state index in [9.17, 15) is 0 Å². The molecule has 1 aromatic rings. The van der Waals surface area contributed by atoms with Crippen molar-refractivity contribution >= 4 is 0 Å². The summed E-state index contributed by atoms with van der Waals surface area (Å²) < 4.78 is 2.16. The molecule has 4 rings (SSSR count). The maximum atomic E-state index is 4.77. The van der Waals surface area contributed by atoms with Crippen LogP contribution in [0.4, 0.5) is 0 Å². The van der Waals surface area contributed by atoms with E-state index in [-0.39, 0.29) is 0 Å². The smallest absolute Gasteiger partial charge is 0.0659 e. The van der Waals surface area contributed by atoms with Crippen molar-refractivity contribution in [3.05, 3.63) is 17.0 Å². The minimum absolute atomic E-state index is 0.695. The maximum absolute atomic E-state index is 4.77. The number of rotatable bonds is 4. The average Bonchev–Trinajstić information content (AvgIpc) is 2.86. The summed E-state index contributed by atoms with van der Waals surface area (Å²) in [4.78, 5) is 7.94. The van der Waals surface area contributed by atoms with Crippen LogP contribution in [0.15, 0.2) is 0 Å². The first kappa shape index (κ1) is 16.6. The molecule has 5 nitrogen and oxygen atoms in total. The van der Waals surface area contributed by atoms with Gasteiger partial charge in [0.1, 0.15) is 0 Å². The van der Waals surface area contributed by atoms with Gasteiger partial charge in [0.25, 0.3) is 0 Å². The van der Waals surface area contributed by atoms with Crippen molar-refractivity contribution in [1.29, 1.82) is 0 Å². The lowest BCUT2D eigenvalue weighted by Gasteiger charge is -2.48. The Morgan fingerprint density at radius 2 is 1.75 bits per heavy atom. The molecule has 1 aliphatic carbocycles. The standard InChI is InChI=1S/C19H33N5/c1-15(2)23-8-10-24(11-9-23)16-12-22(13-16)14-19-17-6-4-5-7-18(17)20-21(19)3/h15-16H,4-14H2,1-3H3. The zero-order valence-corrected chi connectivity index (χ0v) is 15.7. The van der Waals surface area contributed by atoms with Crippen molar-refractivity contribution in [2.45, 2.75) is 58.2 Å². The van der Waals surface area contributed by atoms with Crippen molar-refractivity contribution in [2.75, 3.05) is 39.3 Å². The SMILES string of the molecule is CC(C)N1CCN(C2CN(Cc3c4c(nn3C)CCCC4)C2)CC1. The molecule has 0 amide bonds. The van der Waals surface area contributed by atoms with Gasteiger partial charge in [-0.1, -0.05) is 0 Å². The van der Waals surface area contributed by atoms with Crippen molar-refractivity contribution in [3.63, 3.8) is 0 Å². The molecule has 0 spiro atoms. The molecule has 0 bridgehead atoms. The lowest BCUT2D eigenvalue weighted by atomic mass is 9.95. The number of likely N-dealkylation sites (tertiary alicyclic amines) is 1. The summed E-state index contributed by atoms with van der Waals surface area (Å²) in [6.45, 7) is 13.2. The molecule has 5 heteroatoms. The van der Waals surface area contributed by atoms with E-state index in [2.05, 4.69) is 40.3 Å². The Bertz CT molecular complexity index is 565. The monoisotopic (exact) mass is 331 g/mol. The molecule has 3 aliphatic rings. The Labute approximate surface area is 146 Å². The van der Waals surface area contributed by atoms with Gasteiger partial charge in [0, 0.05) is 64.9 Å². The second-order valence-corrected chi connectivity index (χ2v) is 8.22. The first-order valence-electron chi connectivity index (χ1n) is 9.86. The van der Waals surface area contributed by atoms with Gasteiger partial charge in [0.2, 0.25) is 0 Å². The molecule has 1 aromatic heterocycles. The van der Waals surface area contributed by atoms with Gasteiger partial charge >= 0.3 is 0 Å². The highest BCUT2D eigenvalue weighted by Crippen LogP contribution is 2.27. The number of hydrogen-bond donors (Lipinski definition) is 0. The third kappa shape index (κ3) is 3.14. The Morgan fingerprint density at radius 3 is 2.46 bits per heavy atom. The third-order valence-electron chi connectivity index (χ3n) is 6.36. The highest BCUT2D eigenvalue weighted by molar-refractivity contribution is 5.28. The van der Waals surface area contributed by atoms with E-state index in [1.54, 1.807) is 5.56 Å². The molecule has 0 aromatic carbocycles. The lowest BCUT2D eigenvalue weighted by Crippen LogP contribution is -2.63. The topological polar surface area (TPSA) is 27.5 Å². The molecule has 0 unspecified atom stereocenters. The van der Waals surface area contributed by atoms with Crippen LogP contribution in [-0.2, 0) is 26.4 Å². The first-order valence-corrected chi connectivity index (χ1v) is 9.86. The fourth-order valence-electron chi connectivity index (χ4n) is 4.68. The minimum Gasteiger partial charge on any atom is -0.298 e. The molecule has 2 aliphatic heterocycles. The summed E-state index contributed by atoms with van der Waals surface area (Å²) in [7, 11) is 2.13. The van der Waals surface area contributed by atoms with E-state index < -0.39 is 0 Å². The zero-order chi connectivity index (χ0) is 16.7. The predicted molar refractivity (Wildman–Crippen MR) is 97.2 cm³/mol. The lowest BCUT2D eigenvalue weighted by molar-refractivity contribution is -0.00513. The van der Waals surface area contributed by atoms with Crippen molar-refractivity contribution < 1.29 is 0 Å². The summed E-state index contributed by atoms with van der Waals surface area (Å²) in [6.07, 6.45) is 5.09. The first-order chi connectivity index (χ1) is 11.6. The zero-order valence-electron chi connectivity index (χ0n) is 15.7. The Morgan fingerprint density at radius 1 is 1.04 bits per heavy atom. The number of aromatic nitrogens is 2. The van der Waals surface area contributed by atoms with Gasteiger partial charge in [-0.15, -0.1) is 0 Å². The predicted octanol–water partition coefficient (Wildman–Crippen LogP) is 1.51.